The van der Waals surface area contributed by atoms with E-state index in [1.54, 1.807) is 0 Å². The summed E-state index contributed by atoms with van der Waals surface area (Å²) in [5, 5.41) is 3.50. The van der Waals surface area contributed by atoms with Crippen LogP contribution in [0.25, 0.3) is 0 Å². The molecule has 60 valence electrons. The average molecular weight is 142 g/mol. The Balaban J connectivity index is 1.87. The van der Waals surface area contributed by atoms with Gasteiger partial charge in [0.15, 0.2) is 0 Å². The molecule has 0 aromatic carbocycles. The molecular weight excluding hydrogens is 124 g/mol. The Hall–Kier alpha value is -0.0800. The maximum Gasteiger partial charge on any atom is 0.0101 e. The van der Waals surface area contributed by atoms with Crippen LogP contribution in [0.4, 0.5) is 0 Å². The normalized spacial score (nSPS) is 31.2. The van der Waals surface area contributed by atoms with E-state index in [1.165, 1.54) is 6.42 Å². The molecule has 0 spiro atoms. The van der Waals surface area contributed by atoms with Gasteiger partial charge in [0.2, 0.25) is 0 Å². The highest BCUT2D eigenvalue weighted by molar-refractivity contribution is 4.89. The number of nitrogens with one attached hydrogen (secondary N) is 1. The van der Waals surface area contributed by atoms with E-state index in [0.717, 1.165) is 25.0 Å². The molecule has 1 fully saturated rings. The maximum absolute atomic E-state index is 3.50. The molecule has 1 aliphatic carbocycles. The summed E-state index contributed by atoms with van der Waals surface area (Å²) >= 11 is 0. The molecule has 0 aliphatic heterocycles. The molecule has 1 N–H and O–H groups in total. The first-order valence-electron chi connectivity index (χ1n) is 4.08. The first kappa shape index (κ1) is 8.02. The molecule has 2 nitrogen and oxygen atoms in total. The number of nitrogens with zero attached hydrogens (tertiary/aromatic N) is 1. The van der Waals surface area contributed by atoms with Gasteiger partial charge in [-0.1, -0.05) is 6.92 Å². The minimum absolute atomic E-state index is 0.833. The average Bonchev–Trinajstić information content (AvgIpc) is 2.46. The van der Waals surface area contributed by atoms with Gasteiger partial charge in [0.1, 0.15) is 0 Å². The monoisotopic (exact) mass is 142 g/mol. The predicted octanol–water partition coefficient (Wildman–Crippen LogP) is 0.546. The van der Waals surface area contributed by atoms with Gasteiger partial charge in [-0.15, -0.1) is 0 Å². The van der Waals surface area contributed by atoms with Crippen molar-refractivity contribution in [1.82, 2.24) is 10.2 Å². The van der Waals surface area contributed by atoms with Crippen LogP contribution in [0.5, 0.6) is 0 Å². The molecule has 0 amide bonds. The highest BCUT2D eigenvalue weighted by Crippen LogP contribution is 2.28. The molecule has 0 heterocycles. The van der Waals surface area contributed by atoms with Gasteiger partial charge in [0.05, 0.1) is 0 Å². The highest BCUT2D eigenvalue weighted by Gasteiger charge is 2.31. The van der Waals surface area contributed by atoms with E-state index in [0.29, 0.717) is 0 Å². The van der Waals surface area contributed by atoms with Crippen molar-refractivity contribution in [2.75, 3.05) is 27.2 Å². The Bertz CT molecular complexity index is 101. The van der Waals surface area contributed by atoms with E-state index >= 15 is 0 Å². The lowest BCUT2D eigenvalue weighted by molar-refractivity contribution is 0.398. The minimum Gasteiger partial charge on any atom is -0.312 e. The van der Waals surface area contributed by atoms with Crippen LogP contribution >= 0.6 is 0 Å². The lowest BCUT2D eigenvalue weighted by Crippen LogP contribution is -2.28. The Kier molecular flexibility index (Phi) is 2.69. The third kappa shape index (κ3) is 2.67. The van der Waals surface area contributed by atoms with Crippen molar-refractivity contribution in [2.45, 2.75) is 19.4 Å². The predicted molar refractivity (Wildman–Crippen MR) is 44.1 cm³/mol. The molecule has 0 aromatic rings. The zero-order valence-corrected chi connectivity index (χ0v) is 7.22. The fourth-order valence-corrected chi connectivity index (χ4v) is 1.08. The molecule has 1 saturated carbocycles. The Morgan fingerprint density at radius 2 is 2.10 bits per heavy atom. The van der Waals surface area contributed by atoms with Crippen LogP contribution in [0.1, 0.15) is 13.3 Å². The summed E-state index contributed by atoms with van der Waals surface area (Å²) in [5.41, 5.74) is 0. The summed E-state index contributed by atoms with van der Waals surface area (Å²) in [4.78, 5) is 2.21. The fraction of sp³-hybridized carbons (Fsp3) is 1.00. The zero-order valence-electron chi connectivity index (χ0n) is 7.22. The molecule has 1 rings (SSSR count). The number of rotatable bonds is 4. The van der Waals surface area contributed by atoms with Gasteiger partial charge in [-0.05, 0) is 26.4 Å². The molecule has 0 bridgehead atoms. The lowest BCUT2D eigenvalue weighted by atomic mass is 10.4. The quantitative estimate of drug-likeness (QED) is 0.616. The van der Waals surface area contributed by atoms with Crippen LogP contribution in [0, 0.1) is 5.92 Å². The Morgan fingerprint density at radius 3 is 2.50 bits per heavy atom. The summed E-state index contributed by atoms with van der Waals surface area (Å²) in [6.07, 6.45) is 1.38. The molecule has 1 aliphatic rings. The SMILES string of the molecule is CC1CC1NCCN(C)C. The van der Waals surface area contributed by atoms with Gasteiger partial charge < -0.3 is 10.2 Å². The van der Waals surface area contributed by atoms with Crippen LogP contribution in [-0.4, -0.2) is 38.1 Å². The van der Waals surface area contributed by atoms with Crippen molar-refractivity contribution in [3.05, 3.63) is 0 Å². The number of hydrogen-bond acceptors (Lipinski definition) is 2. The third-order valence-electron chi connectivity index (χ3n) is 2.08. The second-order valence-corrected chi connectivity index (χ2v) is 3.58. The molecule has 10 heavy (non-hydrogen) atoms. The smallest absolute Gasteiger partial charge is 0.0101 e. The van der Waals surface area contributed by atoms with Gasteiger partial charge in [-0.3, -0.25) is 0 Å². The Morgan fingerprint density at radius 1 is 1.50 bits per heavy atom. The van der Waals surface area contributed by atoms with Gasteiger partial charge in [-0.25, -0.2) is 0 Å². The maximum atomic E-state index is 3.50. The minimum atomic E-state index is 0.833. The van der Waals surface area contributed by atoms with Crippen LogP contribution in [-0.2, 0) is 0 Å². The molecule has 2 atom stereocenters. The van der Waals surface area contributed by atoms with Crippen molar-refractivity contribution in [2.24, 2.45) is 5.92 Å². The van der Waals surface area contributed by atoms with E-state index in [1.807, 2.05) is 0 Å². The van der Waals surface area contributed by atoms with Gasteiger partial charge in [-0.2, -0.15) is 0 Å². The summed E-state index contributed by atoms with van der Waals surface area (Å²) in [6.45, 7) is 4.60. The number of likely N-dealkylation sites (N-methyl/N-ethyl adjacent to an activating group) is 1. The summed E-state index contributed by atoms with van der Waals surface area (Å²) < 4.78 is 0. The van der Waals surface area contributed by atoms with Gasteiger partial charge >= 0.3 is 0 Å². The molecule has 2 unspecified atom stereocenters. The summed E-state index contributed by atoms with van der Waals surface area (Å²) in [6, 6.07) is 0.833. The van der Waals surface area contributed by atoms with Crippen molar-refractivity contribution in [3.8, 4) is 0 Å². The first-order valence-corrected chi connectivity index (χ1v) is 4.08. The van der Waals surface area contributed by atoms with Crippen molar-refractivity contribution >= 4 is 0 Å². The molecule has 2 heteroatoms. The van der Waals surface area contributed by atoms with Crippen LogP contribution in [0.3, 0.4) is 0 Å². The van der Waals surface area contributed by atoms with Gasteiger partial charge in [0.25, 0.3) is 0 Å². The van der Waals surface area contributed by atoms with Crippen LogP contribution in [0.15, 0.2) is 0 Å². The molecule has 0 saturated heterocycles. The summed E-state index contributed by atoms with van der Waals surface area (Å²) in [5.74, 6) is 0.933. The highest BCUT2D eigenvalue weighted by atomic mass is 15.1. The fourth-order valence-electron chi connectivity index (χ4n) is 1.08. The van der Waals surface area contributed by atoms with Crippen molar-refractivity contribution in [3.63, 3.8) is 0 Å². The van der Waals surface area contributed by atoms with E-state index in [2.05, 4.69) is 31.2 Å². The Labute approximate surface area is 63.6 Å². The van der Waals surface area contributed by atoms with Crippen molar-refractivity contribution < 1.29 is 0 Å². The van der Waals surface area contributed by atoms with Crippen molar-refractivity contribution in [1.29, 1.82) is 0 Å². The first-order chi connectivity index (χ1) is 4.70. The standard InChI is InChI=1S/C8H18N2/c1-7-6-8(7)9-4-5-10(2)3/h7-9H,4-6H2,1-3H3. The molecule has 0 aromatic heterocycles. The lowest BCUT2D eigenvalue weighted by Gasteiger charge is -2.09. The van der Waals surface area contributed by atoms with Crippen LogP contribution < -0.4 is 5.32 Å². The number of hydrogen-bond donors (Lipinski definition) is 1. The second kappa shape index (κ2) is 3.35. The topological polar surface area (TPSA) is 15.3 Å². The third-order valence-corrected chi connectivity index (χ3v) is 2.08. The second-order valence-electron chi connectivity index (χ2n) is 3.58. The van der Waals surface area contributed by atoms with E-state index < -0.39 is 0 Å². The van der Waals surface area contributed by atoms with Crippen LogP contribution in [0.2, 0.25) is 0 Å². The zero-order chi connectivity index (χ0) is 7.56. The largest absolute Gasteiger partial charge is 0.312 e. The summed E-state index contributed by atoms with van der Waals surface area (Å²) in [7, 11) is 4.22. The molecule has 0 radical (unpaired) electrons. The van der Waals surface area contributed by atoms with E-state index in [9.17, 15) is 0 Å². The van der Waals surface area contributed by atoms with Gasteiger partial charge in [0, 0.05) is 19.1 Å². The molecular formula is C8H18N2. The van der Waals surface area contributed by atoms with E-state index in [-0.39, 0.29) is 0 Å². The van der Waals surface area contributed by atoms with E-state index in [4.69, 9.17) is 0 Å².